The van der Waals surface area contributed by atoms with Gasteiger partial charge in [-0.05, 0) is 25.0 Å². The fourth-order valence-corrected chi connectivity index (χ4v) is 4.33. The second-order valence-corrected chi connectivity index (χ2v) is 9.83. The Labute approximate surface area is 215 Å². The molecule has 1 fully saturated rings. The molecular weight excluding hydrogens is 436 g/mol. The normalized spacial score (nSPS) is 13.3. The van der Waals surface area contributed by atoms with Crippen molar-refractivity contribution in [3.8, 4) is 0 Å². The molecule has 4 heteroatoms. The lowest BCUT2D eigenvalue weighted by molar-refractivity contribution is 0.0450. The van der Waals surface area contributed by atoms with Gasteiger partial charge in [0.2, 0.25) is 0 Å². The molecule has 0 N–H and O–H groups in total. The van der Waals surface area contributed by atoms with Crippen molar-refractivity contribution in [2.45, 2.75) is 136 Å². The van der Waals surface area contributed by atoms with E-state index >= 15 is 0 Å². The number of rotatable bonds is 16. The molecule has 0 aliphatic heterocycles. The molecule has 2 rings (SSSR count). The van der Waals surface area contributed by atoms with Gasteiger partial charge in [0.05, 0.1) is 24.3 Å². The number of unbranched alkanes of at least 4 members (excludes halogenated alkanes) is 10. The second-order valence-electron chi connectivity index (χ2n) is 9.83. The van der Waals surface area contributed by atoms with Crippen LogP contribution in [0, 0.1) is 0 Å². The van der Waals surface area contributed by atoms with Gasteiger partial charge in [-0.15, -0.1) is 0 Å². The summed E-state index contributed by atoms with van der Waals surface area (Å²) in [5.74, 6) is -0.888. The van der Waals surface area contributed by atoms with Crippen LogP contribution in [0.15, 0.2) is 24.3 Å². The monoisotopic (exact) mass is 488 g/mol. The number of benzene rings is 1. The highest BCUT2D eigenvalue weighted by Crippen LogP contribution is 2.16. The summed E-state index contributed by atoms with van der Waals surface area (Å²) in [7, 11) is 0. The maximum Gasteiger partial charge on any atom is 0.339 e. The van der Waals surface area contributed by atoms with E-state index in [0.717, 1.165) is 25.7 Å². The van der Waals surface area contributed by atoms with Crippen LogP contribution >= 0.6 is 0 Å². The minimum Gasteiger partial charge on any atom is -0.462 e. The van der Waals surface area contributed by atoms with Crippen LogP contribution < -0.4 is 0 Å². The summed E-state index contributed by atoms with van der Waals surface area (Å²) in [6.07, 6.45) is 24.1. The molecule has 1 aromatic rings. The third-order valence-electron chi connectivity index (χ3n) is 6.58. The Morgan fingerprint density at radius 3 is 1.20 bits per heavy atom. The van der Waals surface area contributed by atoms with Crippen LogP contribution in [-0.2, 0) is 9.47 Å². The van der Waals surface area contributed by atoms with Crippen molar-refractivity contribution in [2.24, 2.45) is 0 Å². The number of ether oxygens (including phenoxy) is 2. The van der Waals surface area contributed by atoms with Gasteiger partial charge in [0.25, 0.3) is 0 Å². The van der Waals surface area contributed by atoms with Crippen molar-refractivity contribution in [3.05, 3.63) is 35.4 Å². The van der Waals surface area contributed by atoms with Crippen LogP contribution in [0.4, 0.5) is 0 Å². The summed E-state index contributed by atoms with van der Waals surface area (Å²) in [5.41, 5.74) is 0.586. The fourth-order valence-electron chi connectivity index (χ4n) is 4.33. The summed E-state index contributed by atoms with van der Waals surface area (Å²) in [6.45, 7) is 5.17. The lowest BCUT2D eigenvalue weighted by Crippen LogP contribution is -2.15. The molecule has 0 aromatic heterocycles. The highest BCUT2D eigenvalue weighted by atomic mass is 16.5. The molecule has 0 saturated heterocycles. The van der Waals surface area contributed by atoms with Gasteiger partial charge in [-0.1, -0.05) is 135 Å². The molecule has 0 heterocycles. The predicted octanol–water partition coefficient (Wildman–Crippen LogP) is 9.45. The Morgan fingerprint density at radius 2 is 0.857 bits per heavy atom. The van der Waals surface area contributed by atoms with E-state index in [9.17, 15) is 9.59 Å². The zero-order valence-corrected chi connectivity index (χ0v) is 22.8. The Kier molecular flexibility index (Phi) is 20.2. The maximum atomic E-state index is 12.4. The van der Waals surface area contributed by atoms with Crippen LogP contribution in [0.1, 0.15) is 157 Å². The lowest BCUT2D eigenvalue weighted by atomic mass is 10.1. The minimum atomic E-state index is -0.444. The largest absolute Gasteiger partial charge is 0.462 e. The van der Waals surface area contributed by atoms with E-state index in [2.05, 4.69) is 13.8 Å². The quantitative estimate of drug-likeness (QED) is 0.132. The van der Waals surface area contributed by atoms with Crippen molar-refractivity contribution in [1.29, 1.82) is 0 Å². The van der Waals surface area contributed by atoms with Crippen LogP contribution in [0.3, 0.4) is 0 Å². The Morgan fingerprint density at radius 1 is 0.543 bits per heavy atom. The summed E-state index contributed by atoms with van der Waals surface area (Å²) in [4.78, 5) is 24.7. The standard InChI is InChI=1S/C24H38O4.C7H14/c1-3-5-7-9-11-15-19-27-23(25)21-17-13-14-18-22(21)24(26)28-20-16-12-10-8-6-4-2;1-2-4-6-7-5-3-1/h13-14,17-18H,3-12,15-16,19-20H2,1-2H3;1-7H2. The molecule has 0 bridgehead atoms. The molecule has 0 radical (unpaired) electrons. The molecule has 35 heavy (non-hydrogen) atoms. The van der Waals surface area contributed by atoms with Gasteiger partial charge >= 0.3 is 11.9 Å². The smallest absolute Gasteiger partial charge is 0.339 e. The molecule has 4 nitrogen and oxygen atoms in total. The number of carbonyl (C=O) groups excluding carboxylic acids is 2. The van der Waals surface area contributed by atoms with Crippen LogP contribution in [0.2, 0.25) is 0 Å². The SMILES string of the molecule is C1CCCCCC1.CCCCCCCCOC(=O)c1ccccc1C(=O)OCCCCCCCC. The first-order valence-electron chi connectivity index (χ1n) is 14.6. The van der Waals surface area contributed by atoms with Crippen molar-refractivity contribution in [3.63, 3.8) is 0 Å². The van der Waals surface area contributed by atoms with Gasteiger partial charge in [0.15, 0.2) is 0 Å². The van der Waals surface area contributed by atoms with Gasteiger partial charge in [-0.25, -0.2) is 9.59 Å². The van der Waals surface area contributed by atoms with Gasteiger partial charge in [-0.2, -0.15) is 0 Å². The molecule has 0 amide bonds. The minimum absolute atomic E-state index is 0.293. The van der Waals surface area contributed by atoms with E-state index in [4.69, 9.17) is 9.47 Å². The second kappa shape index (κ2) is 22.6. The average Bonchev–Trinajstić information content (AvgIpc) is 3.21. The van der Waals surface area contributed by atoms with E-state index in [-0.39, 0.29) is 0 Å². The molecule has 200 valence electrons. The first-order chi connectivity index (χ1) is 17.2. The van der Waals surface area contributed by atoms with Gasteiger partial charge in [0.1, 0.15) is 0 Å². The Hall–Kier alpha value is -1.84. The van der Waals surface area contributed by atoms with Gasteiger partial charge in [-0.3, -0.25) is 0 Å². The summed E-state index contributed by atoms with van der Waals surface area (Å²) >= 11 is 0. The zero-order chi connectivity index (χ0) is 25.4. The maximum absolute atomic E-state index is 12.4. The first kappa shape index (κ1) is 31.2. The summed E-state index contributed by atoms with van der Waals surface area (Å²) < 4.78 is 10.7. The number of hydrogen-bond donors (Lipinski definition) is 0. The fraction of sp³-hybridized carbons (Fsp3) is 0.742. The van der Waals surface area contributed by atoms with E-state index in [0.29, 0.717) is 24.3 Å². The molecule has 1 aliphatic rings. The molecule has 0 spiro atoms. The van der Waals surface area contributed by atoms with Crippen LogP contribution in [0.25, 0.3) is 0 Å². The van der Waals surface area contributed by atoms with Crippen molar-refractivity contribution in [2.75, 3.05) is 13.2 Å². The van der Waals surface area contributed by atoms with Crippen molar-refractivity contribution in [1.82, 2.24) is 0 Å². The van der Waals surface area contributed by atoms with E-state index in [1.54, 1.807) is 24.3 Å². The first-order valence-corrected chi connectivity index (χ1v) is 14.6. The number of hydrogen-bond acceptors (Lipinski definition) is 4. The third-order valence-corrected chi connectivity index (χ3v) is 6.58. The number of carbonyl (C=O) groups is 2. The lowest BCUT2D eigenvalue weighted by Gasteiger charge is -2.10. The zero-order valence-electron chi connectivity index (χ0n) is 22.8. The molecule has 1 aromatic carbocycles. The topological polar surface area (TPSA) is 52.6 Å². The molecule has 0 atom stereocenters. The number of esters is 2. The predicted molar refractivity (Wildman–Crippen MR) is 146 cm³/mol. The van der Waals surface area contributed by atoms with Crippen LogP contribution in [0.5, 0.6) is 0 Å². The van der Waals surface area contributed by atoms with E-state index < -0.39 is 11.9 Å². The Bertz CT molecular complexity index is 586. The average molecular weight is 489 g/mol. The summed E-state index contributed by atoms with van der Waals surface area (Å²) in [6, 6.07) is 6.74. The molecule has 1 aliphatic carbocycles. The highest BCUT2D eigenvalue weighted by molar-refractivity contribution is 6.03. The molecular formula is C31H52O4. The Balaban J connectivity index is 0.000000744. The van der Waals surface area contributed by atoms with Crippen molar-refractivity contribution >= 4 is 11.9 Å². The van der Waals surface area contributed by atoms with Gasteiger partial charge < -0.3 is 9.47 Å². The highest BCUT2D eigenvalue weighted by Gasteiger charge is 2.18. The third kappa shape index (κ3) is 16.5. The van der Waals surface area contributed by atoms with Crippen LogP contribution in [-0.4, -0.2) is 25.2 Å². The van der Waals surface area contributed by atoms with Crippen molar-refractivity contribution < 1.29 is 19.1 Å². The van der Waals surface area contributed by atoms with E-state index in [1.165, 1.54) is 96.3 Å². The molecule has 1 saturated carbocycles. The van der Waals surface area contributed by atoms with E-state index in [1.807, 2.05) is 0 Å². The summed E-state index contributed by atoms with van der Waals surface area (Å²) in [5, 5.41) is 0. The van der Waals surface area contributed by atoms with Gasteiger partial charge in [0, 0.05) is 0 Å². The molecule has 0 unspecified atom stereocenters.